The van der Waals surface area contributed by atoms with E-state index < -0.39 is 0 Å². The average Bonchev–Trinajstić information content (AvgIpc) is 2.15. The van der Waals surface area contributed by atoms with E-state index >= 15 is 0 Å². The number of benzene rings is 1. The lowest BCUT2D eigenvalue weighted by molar-refractivity contribution is 0.524. The van der Waals surface area contributed by atoms with Gasteiger partial charge in [0.15, 0.2) is 0 Å². The summed E-state index contributed by atoms with van der Waals surface area (Å²) in [5.74, 6) is 0.520. The predicted molar refractivity (Wildman–Crippen MR) is 57.7 cm³/mol. The normalized spacial score (nSPS) is 15.3. The van der Waals surface area contributed by atoms with E-state index in [0.29, 0.717) is 5.92 Å². The number of hydrogen-bond acceptors (Lipinski definition) is 1. The Kier molecular flexibility index (Phi) is 3.97. The van der Waals surface area contributed by atoms with Crippen molar-refractivity contribution in [1.29, 1.82) is 0 Å². The van der Waals surface area contributed by atoms with E-state index in [2.05, 4.69) is 38.1 Å². The molecule has 0 aliphatic rings. The maximum Gasteiger partial charge on any atom is 0.00793 e. The molecule has 2 N–H and O–H groups in total. The fraction of sp³-hybridized carbons (Fsp3) is 0.500. The molecule has 0 amide bonds. The van der Waals surface area contributed by atoms with E-state index in [9.17, 15) is 0 Å². The van der Waals surface area contributed by atoms with Crippen LogP contribution in [0.5, 0.6) is 0 Å². The van der Waals surface area contributed by atoms with Crippen molar-refractivity contribution in [3.8, 4) is 0 Å². The third kappa shape index (κ3) is 2.85. The first-order valence-electron chi connectivity index (χ1n) is 5.06. The zero-order chi connectivity index (χ0) is 9.68. The highest BCUT2D eigenvalue weighted by atomic mass is 14.6. The maximum absolute atomic E-state index is 5.95. The fourth-order valence-corrected chi connectivity index (χ4v) is 1.74. The van der Waals surface area contributed by atoms with E-state index in [-0.39, 0.29) is 6.04 Å². The molecule has 1 rings (SSSR count). The Balaban J connectivity index is 2.76. The van der Waals surface area contributed by atoms with Gasteiger partial charge in [0.1, 0.15) is 0 Å². The third-order valence-electron chi connectivity index (χ3n) is 2.46. The Morgan fingerprint density at radius 1 is 1.23 bits per heavy atom. The molecule has 2 atom stereocenters. The van der Waals surface area contributed by atoms with Crippen molar-refractivity contribution in [3.63, 3.8) is 0 Å². The van der Waals surface area contributed by atoms with Crippen LogP contribution >= 0.6 is 0 Å². The van der Waals surface area contributed by atoms with Gasteiger partial charge in [0.2, 0.25) is 0 Å². The summed E-state index contributed by atoms with van der Waals surface area (Å²) in [6, 6.07) is 10.8. The highest BCUT2D eigenvalue weighted by Crippen LogP contribution is 2.23. The quantitative estimate of drug-likeness (QED) is 0.752. The summed E-state index contributed by atoms with van der Waals surface area (Å²) in [7, 11) is 0. The van der Waals surface area contributed by atoms with Crippen molar-refractivity contribution in [3.05, 3.63) is 35.9 Å². The number of nitrogens with two attached hydrogens (primary N) is 1. The molecule has 1 heteroatoms. The molecule has 13 heavy (non-hydrogen) atoms. The molecule has 0 fully saturated rings. The lowest BCUT2D eigenvalue weighted by Gasteiger charge is -2.20. The second-order valence-corrected chi connectivity index (χ2v) is 3.66. The van der Waals surface area contributed by atoms with E-state index in [1.807, 2.05) is 6.07 Å². The minimum absolute atomic E-state index is 0.252. The molecule has 0 heterocycles. The van der Waals surface area contributed by atoms with E-state index in [1.54, 1.807) is 0 Å². The summed E-state index contributed by atoms with van der Waals surface area (Å²) in [5.41, 5.74) is 7.33. The summed E-state index contributed by atoms with van der Waals surface area (Å²) in [4.78, 5) is 0. The summed E-state index contributed by atoms with van der Waals surface area (Å²) < 4.78 is 0. The number of hydrogen-bond donors (Lipinski definition) is 1. The third-order valence-corrected chi connectivity index (χ3v) is 2.46. The van der Waals surface area contributed by atoms with E-state index in [4.69, 9.17) is 5.73 Å². The van der Waals surface area contributed by atoms with Gasteiger partial charge in [0, 0.05) is 6.04 Å². The van der Waals surface area contributed by atoms with Gasteiger partial charge in [0.05, 0.1) is 0 Å². The Hall–Kier alpha value is -0.820. The molecule has 0 aliphatic heterocycles. The summed E-state index contributed by atoms with van der Waals surface area (Å²) in [5, 5.41) is 0. The van der Waals surface area contributed by atoms with Gasteiger partial charge in [-0.2, -0.15) is 0 Å². The van der Waals surface area contributed by atoms with Crippen LogP contribution in [0.4, 0.5) is 0 Å². The molecular formula is C12H19N. The average molecular weight is 177 g/mol. The van der Waals surface area contributed by atoms with Crippen molar-refractivity contribution in [1.82, 2.24) is 0 Å². The Morgan fingerprint density at radius 3 is 2.31 bits per heavy atom. The predicted octanol–water partition coefficient (Wildman–Crippen LogP) is 2.92. The summed E-state index contributed by atoms with van der Waals surface area (Å²) in [6.07, 6.45) is 2.38. The molecule has 72 valence electrons. The zero-order valence-electron chi connectivity index (χ0n) is 8.53. The largest absolute Gasteiger partial charge is 0.327 e. The highest BCUT2D eigenvalue weighted by molar-refractivity contribution is 5.20. The molecule has 0 radical (unpaired) electrons. The smallest absolute Gasteiger partial charge is 0.00793 e. The minimum atomic E-state index is 0.252. The van der Waals surface area contributed by atoms with Crippen LogP contribution in [-0.2, 0) is 0 Å². The molecule has 0 saturated carbocycles. The Bertz CT molecular complexity index is 228. The molecule has 0 saturated heterocycles. The van der Waals surface area contributed by atoms with Crippen molar-refractivity contribution < 1.29 is 0 Å². The van der Waals surface area contributed by atoms with Gasteiger partial charge in [-0.15, -0.1) is 0 Å². The van der Waals surface area contributed by atoms with Crippen LogP contribution in [0.25, 0.3) is 0 Å². The van der Waals surface area contributed by atoms with Crippen LogP contribution in [-0.4, -0.2) is 6.04 Å². The standard InChI is InChI=1S/C12H19N/c1-3-7-12(10(2)13)11-8-5-4-6-9-11/h4-6,8-10,12H,3,7,13H2,1-2H3. The van der Waals surface area contributed by atoms with Crippen LogP contribution in [0.1, 0.15) is 38.2 Å². The van der Waals surface area contributed by atoms with Gasteiger partial charge in [-0.3, -0.25) is 0 Å². The zero-order valence-corrected chi connectivity index (χ0v) is 8.53. The van der Waals surface area contributed by atoms with Gasteiger partial charge in [-0.25, -0.2) is 0 Å². The summed E-state index contributed by atoms with van der Waals surface area (Å²) in [6.45, 7) is 4.30. The first-order chi connectivity index (χ1) is 6.25. The fourth-order valence-electron chi connectivity index (χ4n) is 1.74. The molecular weight excluding hydrogens is 158 g/mol. The SMILES string of the molecule is CCCC(c1ccccc1)C(C)N. The van der Waals surface area contributed by atoms with Crippen molar-refractivity contribution >= 4 is 0 Å². The van der Waals surface area contributed by atoms with E-state index in [0.717, 1.165) is 0 Å². The van der Waals surface area contributed by atoms with Crippen LogP contribution < -0.4 is 5.73 Å². The molecule has 0 spiro atoms. The summed E-state index contributed by atoms with van der Waals surface area (Å²) >= 11 is 0. The molecule has 0 aliphatic carbocycles. The van der Waals surface area contributed by atoms with Gasteiger partial charge in [-0.05, 0) is 24.8 Å². The van der Waals surface area contributed by atoms with Gasteiger partial charge in [-0.1, -0.05) is 43.7 Å². The number of rotatable bonds is 4. The monoisotopic (exact) mass is 177 g/mol. The second-order valence-electron chi connectivity index (χ2n) is 3.66. The Labute approximate surface area is 81.0 Å². The lowest BCUT2D eigenvalue weighted by Crippen LogP contribution is -2.24. The van der Waals surface area contributed by atoms with E-state index in [1.165, 1.54) is 18.4 Å². The minimum Gasteiger partial charge on any atom is -0.327 e. The lowest BCUT2D eigenvalue weighted by atomic mass is 9.89. The first kappa shape index (κ1) is 10.3. The van der Waals surface area contributed by atoms with Gasteiger partial charge < -0.3 is 5.73 Å². The maximum atomic E-state index is 5.95. The van der Waals surface area contributed by atoms with Crippen molar-refractivity contribution in [2.45, 2.75) is 38.6 Å². The van der Waals surface area contributed by atoms with Gasteiger partial charge >= 0.3 is 0 Å². The molecule has 1 aromatic rings. The highest BCUT2D eigenvalue weighted by Gasteiger charge is 2.13. The van der Waals surface area contributed by atoms with Crippen molar-refractivity contribution in [2.24, 2.45) is 5.73 Å². The molecule has 0 aromatic heterocycles. The van der Waals surface area contributed by atoms with Crippen LogP contribution in [0.2, 0.25) is 0 Å². The molecule has 1 aromatic carbocycles. The van der Waals surface area contributed by atoms with Crippen LogP contribution in [0.3, 0.4) is 0 Å². The molecule has 0 bridgehead atoms. The van der Waals surface area contributed by atoms with Crippen molar-refractivity contribution in [2.75, 3.05) is 0 Å². The second kappa shape index (κ2) is 5.03. The van der Waals surface area contributed by atoms with Gasteiger partial charge in [0.25, 0.3) is 0 Å². The molecule has 2 unspecified atom stereocenters. The molecule has 1 nitrogen and oxygen atoms in total. The Morgan fingerprint density at radius 2 is 1.85 bits per heavy atom. The van der Waals surface area contributed by atoms with Crippen LogP contribution in [0.15, 0.2) is 30.3 Å². The topological polar surface area (TPSA) is 26.0 Å². The first-order valence-corrected chi connectivity index (χ1v) is 5.06. The van der Waals surface area contributed by atoms with Crippen LogP contribution in [0, 0.1) is 0 Å².